The summed E-state index contributed by atoms with van der Waals surface area (Å²) in [5, 5.41) is 3.31. The van der Waals surface area contributed by atoms with Crippen LogP contribution in [-0.4, -0.2) is 57.6 Å². The predicted octanol–water partition coefficient (Wildman–Crippen LogP) is 4.62. The largest absolute Gasteiger partial charge is 0.482 e. The van der Waals surface area contributed by atoms with E-state index in [1.807, 2.05) is 0 Å². The Kier molecular flexibility index (Phi) is 7.46. The van der Waals surface area contributed by atoms with E-state index >= 15 is 0 Å². The summed E-state index contributed by atoms with van der Waals surface area (Å²) in [5.74, 6) is -0.439. The molecule has 1 aliphatic heterocycles. The number of esters is 1. The van der Waals surface area contributed by atoms with Gasteiger partial charge in [-0.05, 0) is 75.8 Å². The van der Waals surface area contributed by atoms with E-state index in [9.17, 15) is 23.6 Å². The third kappa shape index (κ3) is 6.18. The van der Waals surface area contributed by atoms with Crippen molar-refractivity contribution in [2.45, 2.75) is 64.1 Å². The van der Waals surface area contributed by atoms with Crippen molar-refractivity contribution in [1.82, 2.24) is 9.47 Å². The van der Waals surface area contributed by atoms with E-state index in [-0.39, 0.29) is 43.0 Å². The van der Waals surface area contributed by atoms with E-state index in [0.29, 0.717) is 34.3 Å². The minimum Gasteiger partial charge on any atom is -0.482 e. The number of nitrogens with one attached hydrogen (secondary N) is 1. The standard InChI is InChI=1S/C30H33FN4O6/c1-30(2,3)41-27(37)16-40-19-9-10-23-20(14-19)22(15-34(23)28(32)38)33-29(39)35-24-12-18(24)13-25(35)26(36)11-8-17-6-4-5-7-21(17)31/h4-7,9-10,14-15,18,24-25H,8,11-13,16H2,1-3H3,(H2,32,38)(H,33,39)/t18-,24-,25+/m1/s1. The lowest BCUT2D eigenvalue weighted by molar-refractivity contribution is -0.157. The second-order valence-electron chi connectivity index (χ2n) is 11.5. The van der Waals surface area contributed by atoms with Crippen molar-refractivity contribution >= 4 is 40.4 Å². The van der Waals surface area contributed by atoms with Gasteiger partial charge in [-0.2, -0.15) is 0 Å². The number of carbonyl (C=O) groups excluding carboxylic acids is 4. The minimum atomic E-state index is -0.748. The lowest BCUT2D eigenvalue weighted by atomic mass is 10.00. The number of nitrogens with two attached hydrogens (primary N) is 1. The zero-order valence-corrected chi connectivity index (χ0v) is 23.2. The molecule has 2 fully saturated rings. The number of Topliss-reactive ketones (excluding diaryl/α,β-unsaturated/α-hetero) is 1. The van der Waals surface area contributed by atoms with Gasteiger partial charge in [0.25, 0.3) is 0 Å². The lowest BCUT2D eigenvalue weighted by Gasteiger charge is -2.27. The van der Waals surface area contributed by atoms with Crippen LogP contribution in [-0.2, 0) is 20.7 Å². The van der Waals surface area contributed by atoms with E-state index in [1.54, 1.807) is 62.1 Å². The number of benzene rings is 2. The Labute approximate surface area is 236 Å². The maximum Gasteiger partial charge on any atom is 0.344 e. The highest BCUT2D eigenvalue weighted by Gasteiger charge is 2.55. The Balaban J connectivity index is 1.32. The maximum atomic E-state index is 14.0. The molecule has 3 atom stereocenters. The molecule has 3 amide bonds. The van der Waals surface area contributed by atoms with Crippen molar-refractivity contribution in [1.29, 1.82) is 0 Å². The molecule has 1 aliphatic carbocycles. The summed E-state index contributed by atoms with van der Waals surface area (Å²) < 4.78 is 26.1. The molecule has 3 aromatic rings. The van der Waals surface area contributed by atoms with Crippen LogP contribution in [0.4, 0.5) is 19.7 Å². The molecule has 2 aromatic carbocycles. The number of halogens is 1. The van der Waals surface area contributed by atoms with Crippen LogP contribution < -0.4 is 15.8 Å². The van der Waals surface area contributed by atoms with E-state index in [0.717, 1.165) is 6.42 Å². The number of nitrogens with zero attached hydrogens (tertiary/aromatic N) is 2. The Bertz CT molecular complexity index is 1530. The zero-order chi connectivity index (χ0) is 29.5. The summed E-state index contributed by atoms with van der Waals surface area (Å²) in [6.07, 6.45) is 3.17. The number of amides is 3. The molecule has 2 aliphatic rings. The van der Waals surface area contributed by atoms with Crippen molar-refractivity contribution in [3.8, 4) is 5.75 Å². The van der Waals surface area contributed by atoms with Gasteiger partial charge < -0.3 is 25.4 Å². The fourth-order valence-electron chi connectivity index (χ4n) is 5.44. The van der Waals surface area contributed by atoms with Gasteiger partial charge in [-0.3, -0.25) is 9.36 Å². The second kappa shape index (κ2) is 10.9. The number of anilines is 1. The molecule has 11 heteroatoms. The first-order valence-corrected chi connectivity index (χ1v) is 13.6. The van der Waals surface area contributed by atoms with Gasteiger partial charge in [-0.15, -0.1) is 0 Å². The highest BCUT2D eigenvalue weighted by Crippen LogP contribution is 2.48. The number of carbonyl (C=O) groups is 4. The Morgan fingerprint density at radius 3 is 2.56 bits per heavy atom. The van der Waals surface area contributed by atoms with Gasteiger partial charge in [0.05, 0.1) is 17.2 Å². The maximum absolute atomic E-state index is 14.0. The number of hydrogen-bond acceptors (Lipinski definition) is 6. The summed E-state index contributed by atoms with van der Waals surface area (Å²) in [4.78, 5) is 52.5. The number of ketones is 1. The van der Waals surface area contributed by atoms with Crippen LogP contribution in [0.3, 0.4) is 0 Å². The number of aryl methyl sites for hydroxylation is 1. The van der Waals surface area contributed by atoms with Gasteiger partial charge in [-0.1, -0.05) is 18.2 Å². The summed E-state index contributed by atoms with van der Waals surface area (Å²) in [6.45, 7) is 4.94. The third-order valence-electron chi connectivity index (χ3n) is 7.34. The van der Waals surface area contributed by atoms with Crippen LogP contribution >= 0.6 is 0 Å². The number of rotatable bonds is 8. The Hall–Kier alpha value is -4.41. The van der Waals surface area contributed by atoms with Crippen molar-refractivity contribution in [2.75, 3.05) is 11.9 Å². The van der Waals surface area contributed by atoms with E-state index in [1.165, 1.54) is 16.8 Å². The van der Waals surface area contributed by atoms with Gasteiger partial charge >= 0.3 is 18.0 Å². The average Bonchev–Trinajstić information content (AvgIpc) is 3.41. The fourth-order valence-corrected chi connectivity index (χ4v) is 5.44. The van der Waals surface area contributed by atoms with Gasteiger partial charge in [0, 0.05) is 24.0 Å². The molecule has 0 spiro atoms. The molecule has 1 saturated carbocycles. The summed E-state index contributed by atoms with van der Waals surface area (Å²) in [6, 6.07) is 9.24. The number of ether oxygens (including phenoxy) is 2. The number of fused-ring (bicyclic) bond motifs is 2. The molecule has 2 heterocycles. The first-order chi connectivity index (χ1) is 19.4. The van der Waals surface area contributed by atoms with Crippen molar-refractivity contribution < 1.29 is 33.0 Å². The SMILES string of the molecule is CC(C)(C)OC(=O)COc1ccc2c(c1)c(NC(=O)N1[C@@H]3C[C@@H]3C[C@H]1C(=O)CCc1ccccc1F)cn2C(N)=O. The molecule has 1 saturated heterocycles. The van der Waals surface area contributed by atoms with E-state index in [4.69, 9.17) is 15.2 Å². The number of likely N-dealkylation sites (tertiary alicyclic amines) is 1. The highest BCUT2D eigenvalue weighted by molar-refractivity contribution is 6.06. The minimum absolute atomic E-state index is 0.0466. The van der Waals surface area contributed by atoms with Gasteiger partial charge in [0.1, 0.15) is 17.2 Å². The number of hydrogen-bond donors (Lipinski definition) is 2. The summed E-state index contributed by atoms with van der Waals surface area (Å²) in [7, 11) is 0. The molecule has 0 unspecified atom stereocenters. The molecular weight excluding hydrogens is 531 g/mol. The van der Waals surface area contributed by atoms with Gasteiger partial charge in [-0.25, -0.2) is 18.8 Å². The smallest absolute Gasteiger partial charge is 0.344 e. The van der Waals surface area contributed by atoms with Gasteiger partial charge in [0.15, 0.2) is 12.4 Å². The molecule has 5 rings (SSSR count). The predicted molar refractivity (Wildman–Crippen MR) is 149 cm³/mol. The van der Waals surface area contributed by atoms with E-state index in [2.05, 4.69) is 5.32 Å². The van der Waals surface area contributed by atoms with Crippen LogP contribution in [0.15, 0.2) is 48.7 Å². The molecule has 0 bridgehead atoms. The summed E-state index contributed by atoms with van der Waals surface area (Å²) >= 11 is 0. The van der Waals surface area contributed by atoms with Crippen molar-refractivity contribution in [2.24, 2.45) is 11.7 Å². The normalized spacial score (nSPS) is 19.5. The Morgan fingerprint density at radius 2 is 1.85 bits per heavy atom. The zero-order valence-electron chi connectivity index (χ0n) is 23.2. The second-order valence-corrected chi connectivity index (χ2v) is 11.5. The number of primary amides is 1. The molecule has 0 radical (unpaired) electrons. The number of piperidine rings is 1. The quantitative estimate of drug-likeness (QED) is 0.384. The van der Waals surface area contributed by atoms with Crippen LogP contribution in [0.1, 0.15) is 45.6 Å². The lowest BCUT2D eigenvalue weighted by Crippen LogP contribution is -2.45. The average molecular weight is 565 g/mol. The molecule has 41 heavy (non-hydrogen) atoms. The topological polar surface area (TPSA) is 133 Å². The van der Waals surface area contributed by atoms with Crippen molar-refractivity contribution in [3.63, 3.8) is 0 Å². The van der Waals surface area contributed by atoms with Gasteiger partial charge in [0.2, 0.25) is 0 Å². The number of urea groups is 1. The monoisotopic (exact) mass is 564 g/mol. The van der Waals surface area contributed by atoms with Crippen molar-refractivity contribution in [3.05, 3.63) is 60.0 Å². The van der Waals surface area contributed by atoms with Crippen LogP contribution in [0.25, 0.3) is 10.9 Å². The molecular formula is C30H33FN4O6. The van der Waals surface area contributed by atoms with E-state index < -0.39 is 29.7 Å². The van der Waals surface area contributed by atoms with Crippen LogP contribution in [0, 0.1) is 11.7 Å². The molecule has 216 valence electrons. The first kappa shape index (κ1) is 28.1. The highest BCUT2D eigenvalue weighted by atomic mass is 19.1. The van der Waals surface area contributed by atoms with Crippen LogP contribution in [0.5, 0.6) is 5.75 Å². The van der Waals surface area contributed by atoms with Crippen LogP contribution in [0.2, 0.25) is 0 Å². The third-order valence-corrected chi connectivity index (χ3v) is 7.34. The molecule has 1 aromatic heterocycles. The molecule has 10 nitrogen and oxygen atoms in total. The number of aromatic nitrogens is 1. The molecule has 3 N–H and O–H groups in total. The Morgan fingerprint density at radius 1 is 1.10 bits per heavy atom. The fraction of sp³-hybridized carbons (Fsp3) is 0.400. The summed E-state index contributed by atoms with van der Waals surface area (Å²) in [5.41, 5.74) is 6.09. The first-order valence-electron chi connectivity index (χ1n) is 13.6.